The summed E-state index contributed by atoms with van der Waals surface area (Å²) in [6, 6.07) is 11.4. The fraction of sp³-hybridized carbons (Fsp3) is 0.167. The van der Waals surface area contributed by atoms with Crippen molar-refractivity contribution in [3.8, 4) is 6.07 Å². The smallest absolute Gasteiger partial charge is 0.120 e. The van der Waals surface area contributed by atoms with Crippen molar-refractivity contribution in [1.29, 1.82) is 5.26 Å². The van der Waals surface area contributed by atoms with Crippen LogP contribution in [0.1, 0.15) is 17.4 Å². The van der Waals surface area contributed by atoms with Gasteiger partial charge in [-0.15, -0.1) is 0 Å². The van der Waals surface area contributed by atoms with Gasteiger partial charge in [0.2, 0.25) is 0 Å². The summed E-state index contributed by atoms with van der Waals surface area (Å²) in [4.78, 5) is 4.27. The Kier molecular flexibility index (Phi) is 2.99. The van der Waals surface area contributed by atoms with Crippen molar-refractivity contribution in [2.45, 2.75) is 6.04 Å². The van der Waals surface area contributed by atoms with E-state index < -0.39 is 0 Å². The second kappa shape index (κ2) is 4.60. The Morgan fingerprint density at radius 1 is 1.38 bits per heavy atom. The maximum atomic E-state index is 8.97. The van der Waals surface area contributed by atoms with Crippen molar-refractivity contribution in [2.75, 3.05) is 6.54 Å². The van der Waals surface area contributed by atoms with Gasteiger partial charge < -0.3 is 10.3 Å². The number of pyridine rings is 1. The molecule has 0 aromatic carbocycles. The molecule has 2 aromatic rings. The molecule has 0 radical (unpaired) electrons. The third-order valence-electron chi connectivity index (χ3n) is 2.48. The van der Waals surface area contributed by atoms with Gasteiger partial charge in [-0.3, -0.25) is 4.98 Å². The second-order valence-electron chi connectivity index (χ2n) is 3.42. The summed E-state index contributed by atoms with van der Waals surface area (Å²) in [5.74, 6) is 0. The van der Waals surface area contributed by atoms with Gasteiger partial charge in [0.05, 0.1) is 11.7 Å². The highest BCUT2D eigenvalue weighted by Crippen LogP contribution is 2.17. The second-order valence-corrected chi connectivity index (χ2v) is 3.42. The maximum absolute atomic E-state index is 8.97. The minimum absolute atomic E-state index is 0.0779. The fourth-order valence-electron chi connectivity index (χ4n) is 1.71. The lowest BCUT2D eigenvalue weighted by molar-refractivity contribution is 0.576. The molecule has 0 bridgehead atoms. The van der Waals surface area contributed by atoms with Crippen LogP contribution in [0.15, 0.2) is 42.7 Å². The van der Waals surface area contributed by atoms with Crippen LogP contribution in [0.2, 0.25) is 0 Å². The zero-order valence-corrected chi connectivity index (χ0v) is 8.74. The van der Waals surface area contributed by atoms with Crippen molar-refractivity contribution >= 4 is 0 Å². The van der Waals surface area contributed by atoms with Crippen LogP contribution in [-0.2, 0) is 0 Å². The summed E-state index contributed by atoms with van der Waals surface area (Å²) < 4.78 is 1.85. The van der Waals surface area contributed by atoms with E-state index in [1.54, 1.807) is 12.3 Å². The molecule has 0 aliphatic carbocycles. The molecular formula is C12H12N4. The van der Waals surface area contributed by atoms with Gasteiger partial charge in [0.1, 0.15) is 11.8 Å². The Morgan fingerprint density at radius 2 is 2.25 bits per heavy atom. The minimum Gasteiger partial charge on any atom is -0.329 e. The lowest BCUT2D eigenvalue weighted by Gasteiger charge is -2.17. The topological polar surface area (TPSA) is 67.6 Å². The molecule has 80 valence electrons. The van der Waals surface area contributed by atoms with Crippen LogP contribution in [0.5, 0.6) is 0 Å². The number of nitriles is 1. The highest BCUT2D eigenvalue weighted by atomic mass is 15.0. The number of aromatic nitrogens is 2. The van der Waals surface area contributed by atoms with Gasteiger partial charge in [0.15, 0.2) is 0 Å². The van der Waals surface area contributed by atoms with Gasteiger partial charge in [-0.1, -0.05) is 6.07 Å². The normalized spacial score (nSPS) is 12.0. The maximum Gasteiger partial charge on any atom is 0.120 e. The highest BCUT2D eigenvalue weighted by Gasteiger charge is 2.14. The van der Waals surface area contributed by atoms with E-state index in [9.17, 15) is 0 Å². The summed E-state index contributed by atoms with van der Waals surface area (Å²) >= 11 is 0. The molecule has 0 saturated heterocycles. The predicted octanol–water partition coefficient (Wildman–Crippen LogP) is 1.30. The molecule has 0 amide bonds. The Bertz CT molecular complexity index is 495. The van der Waals surface area contributed by atoms with Crippen molar-refractivity contribution in [1.82, 2.24) is 9.55 Å². The molecule has 0 aliphatic rings. The molecule has 0 fully saturated rings. The van der Waals surface area contributed by atoms with E-state index >= 15 is 0 Å². The van der Waals surface area contributed by atoms with Crippen molar-refractivity contribution < 1.29 is 0 Å². The Balaban J connectivity index is 2.42. The van der Waals surface area contributed by atoms with Crippen LogP contribution in [-0.4, -0.2) is 16.1 Å². The summed E-state index contributed by atoms with van der Waals surface area (Å²) in [6.45, 7) is 0.417. The summed E-state index contributed by atoms with van der Waals surface area (Å²) in [6.07, 6.45) is 3.58. The molecule has 4 nitrogen and oxygen atoms in total. The first-order chi connectivity index (χ1) is 7.86. The van der Waals surface area contributed by atoms with E-state index in [2.05, 4.69) is 11.1 Å². The molecule has 0 aliphatic heterocycles. The van der Waals surface area contributed by atoms with Gasteiger partial charge in [0.25, 0.3) is 0 Å². The van der Waals surface area contributed by atoms with E-state index in [-0.39, 0.29) is 6.04 Å². The third kappa shape index (κ3) is 1.81. The SMILES string of the molecule is N#Cc1cccn1C(CN)c1ccccn1. The van der Waals surface area contributed by atoms with E-state index in [4.69, 9.17) is 11.0 Å². The minimum atomic E-state index is -0.0779. The van der Waals surface area contributed by atoms with E-state index in [0.717, 1.165) is 5.69 Å². The molecule has 0 saturated carbocycles. The lowest BCUT2D eigenvalue weighted by atomic mass is 10.2. The third-order valence-corrected chi connectivity index (χ3v) is 2.48. The first kappa shape index (κ1) is 10.4. The first-order valence-corrected chi connectivity index (χ1v) is 5.04. The molecule has 4 heteroatoms. The first-order valence-electron chi connectivity index (χ1n) is 5.04. The quantitative estimate of drug-likeness (QED) is 0.833. The number of nitrogens with two attached hydrogens (primary N) is 1. The number of hydrogen-bond donors (Lipinski definition) is 1. The monoisotopic (exact) mass is 212 g/mol. The van der Waals surface area contributed by atoms with Crippen LogP contribution in [0.3, 0.4) is 0 Å². The molecule has 0 spiro atoms. The van der Waals surface area contributed by atoms with Crippen LogP contribution in [0, 0.1) is 11.3 Å². The van der Waals surface area contributed by atoms with Crippen molar-refractivity contribution in [2.24, 2.45) is 5.73 Å². The molecule has 1 unspecified atom stereocenters. The molecule has 2 heterocycles. The largest absolute Gasteiger partial charge is 0.329 e. The Hall–Kier alpha value is -2.12. The average molecular weight is 212 g/mol. The predicted molar refractivity (Wildman–Crippen MR) is 60.6 cm³/mol. The lowest BCUT2D eigenvalue weighted by Crippen LogP contribution is -2.21. The molecular weight excluding hydrogens is 200 g/mol. The van der Waals surface area contributed by atoms with Crippen LogP contribution >= 0.6 is 0 Å². The Morgan fingerprint density at radius 3 is 2.88 bits per heavy atom. The average Bonchev–Trinajstić information content (AvgIpc) is 2.80. The van der Waals surface area contributed by atoms with E-state index in [1.165, 1.54) is 0 Å². The molecule has 1 atom stereocenters. The zero-order valence-electron chi connectivity index (χ0n) is 8.74. The van der Waals surface area contributed by atoms with Gasteiger partial charge >= 0.3 is 0 Å². The molecule has 16 heavy (non-hydrogen) atoms. The van der Waals surface area contributed by atoms with Crippen LogP contribution in [0.4, 0.5) is 0 Å². The molecule has 2 rings (SSSR count). The highest BCUT2D eigenvalue weighted by molar-refractivity contribution is 5.25. The number of rotatable bonds is 3. The van der Waals surface area contributed by atoms with E-state index in [1.807, 2.05) is 35.0 Å². The molecule has 2 N–H and O–H groups in total. The number of nitrogens with zero attached hydrogens (tertiary/aromatic N) is 3. The zero-order chi connectivity index (χ0) is 11.4. The van der Waals surface area contributed by atoms with Crippen LogP contribution in [0.25, 0.3) is 0 Å². The van der Waals surface area contributed by atoms with E-state index in [0.29, 0.717) is 12.2 Å². The van der Waals surface area contributed by atoms with Crippen molar-refractivity contribution in [3.63, 3.8) is 0 Å². The van der Waals surface area contributed by atoms with Gasteiger partial charge in [-0.2, -0.15) is 5.26 Å². The summed E-state index contributed by atoms with van der Waals surface area (Å²) in [5.41, 5.74) is 7.22. The van der Waals surface area contributed by atoms with Gasteiger partial charge in [-0.05, 0) is 24.3 Å². The van der Waals surface area contributed by atoms with Crippen molar-refractivity contribution in [3.05, 3.63) is 54.1 Å². The standard InChI is InChI=1S/C12H12N4/c13-8-10-4-3-7-16(10)12(9-14)11-5-1-2-6-15-11/h1-7,12H,9,14H2. The van der Waals surface area contributed by atoms with Crippen LogP contribution < -0.4 is 5.73 Å². The number of hydrogen-bond acceptors (Lipinski definition) is 3. The Labute approximate surface area is 94.0 Å². The fourth-order valence-corrected chi connectivity index (χ4v) is 1.71. The summed E-state index contributed by atoms with van der Waals surface area (Å²) in [5, 5.41) is 8.97. The summed E-state index contributed by atoms with van der Waals surface area (Å²) in [7, 11) is 0. The van der Waals surface area contributed by atoms with Gasteiger partial charge in [0, 0.05) is 18.9 Å². The molecule has 2 aromatic heterocycles. The van der Waals surface area contributed by atoms with Gasteiger partial charge in [-0.25, -0.2) is 0 Å².